The SMILES string of the molecule is COCCCOC(C)[C@@H](C)N. The maximum absolute atomic E-state index is 5.59. The zero-order chi connectivity index (χ0) is 8.69. The smallest absolute Gasteiger partial charge is 0.0695 e. The molecule has 0 aliphatic rings. The topological polar surface area (TPSA) is 44.5 Å². The lowest BCUT2D eigenvalue weighted by Crippen LogP contribution is -2.31. The van der Waals surface area contributed by atoms with E-state index in [1.165, 1.54) is 0 Å². The highest BCUT2D eigenvalue weighted by atomic mass is 16.5. The minimum Gasteiger partial charge on any atom is -0.385 e. The van der Waals surface area contributed by atoms with Gasteiger partial charge < -0.3 is 15.2 Å². The largest absolute Gasteiger partial charge is 0.385 e. The monoisotopic (exact) mass is 161 g/mol. The van der Waals surface area contributed by atoms with Gasteiger partial charge in [0.2, 0.25) is 0 Å². The quantitative estimate of drug-likeness (QED) is 0.585. The van der Waals surface area contributed by atoms with Crippen LogP contribution in [-0.2, 0) is 9.47 Å². The Kier molecular flexibility index (Phi) is 6.51. The van der Waals surface area contributed by atoms with Gasteiger partial charge in [-0.05, 0) is 20.3 Å². The fraction of sp³-hybridized carbons (Fsp3) is 1.00. The van der Waals surface area contributed by atoms with Gasteiger partial charge in [-0.3, -0.25) is 0 Å². The summed E-state index contributed by atoms with van der Waals surface area (Å²) in [4.78, 5) is 0. The molecule has 0 aliphatic heterocycles. The summed E-state index contributed by atoms with van der Waals surface area (Å²) >= 11 is 0. The molecule has 11 heavy (non-hydrogen) atoms. The van der Waals surface area contributed by atoms with Crippen molar-refractivity contribution in [2.45, 2.75) is 32.4 Å². The molecule has 0 fully saturated rings. The molecule has 0 spiro atoms. The molecule has 0 amide bonds. The van der Waals surface area contributed by atoms with Crippen LogP contribution in [0.5, 0.6) is 0 Å². The van der Waals surface area contributed by atoms with E-state index in [0.29, 0.717) is 0 Å². The van der Waals surface area contributed by atoms with E-state index >= 15 is 0 Å². The Hall–Kier alpha value is -0.120. The molecule has 2 N–H and O–H groups in total. The van der Waals surface area contributed by atoms with Crippen molar-refractivity contribution in [2.24, 2.45) is 5.73 Å². The second kappa shape index (κ2) is 6.58. The first-order valence-electron chi connectivity index (χ1n) is 4.04. The summed E-state index contributed by atoms with van der Waals surface area (Å²) in [6.07, 6.45) is 1.08. The van der Waals surface area contributed by atoms with Gasteiger partial charge in [-0.1, -0.05) is 0 Å². The first kappa shape index (κ1) is 10.9. The number of hydrogen-bond donors (Lipinski definition) is 1. The molecule has 0 bridgehead atoms. The lowest BCUT2D eigenvalue weighted by atomic mass is 10.2. The Morgan fingerprint density at radius 1 is 1.27 bits per heavy atom. The average molecular weight is 161 g/mol. The Bertz CT molecular complexity index is 86.2. The van der Waals surface area contributed by atoms with Crippen LogP contribution >= 0.6 is 0 Å². The summed E-state index contributed by atoms with van der Waals surface area (Å²) < 4.78 is 10.3. The highest BCUT2D eigenvalue weighted by Crippen LogP contribution is 1.96. The molecule has 0 aromatic rings. The van der Waals surface area contributed by atoms with Crippen LogP contribution < -0.4 is 5.73 Å². The van der Waals surface area contributed by atoms with Crippen LogP contribution in [0.25, 0.3) is 0 Å². The van der Waals surface area contributed by atoms with Crippen LogP contribution in [0.4, 0.5) is 0 Å². The van der Waals surface area contributed by atoms with Crippen molar-refractivity contribution in [3.8, 4) is 0 Å². The number of rotatable bonds is 6. The molecule has 2 atom stereocenters. The first-order chi connectivity index (χ1) is 5.18. The number of ether oxygens (including phenoxy) is 2. The Labute approximate surface area is 68.9 Å². The van der Waals surface area contributed by atoms with Crippen molar-refractivity contribution < 1.29 is 9.47 Å². The van der Waals surface area contributed by atoms with Crippen LogP contribution in [0.15, 0.2) is 0 Å². The van der Waals surface area contributed by atoms with Gasteiger partial charge in [-0.25, -0.2) is 0 Å². The van der Waals surface area contributed by atoms with Crippen molar-refractivity contribution in [3.05, 3.63) is 0 Å². The molecular weight excluding hydrogens is 142 g/mol. The second-order valence-electron chi connectivity index (χ2n) is 2.78. The molecular formula is C8H19NO2. The molecule has 68 valence electrons. The fourth-order valence-electron chi connectivity index (χ4n) is 0.624. The van der Waals surface area contributed by atoms with E-state index in [-0.39, 0.29) is 12.1 Å². The van der Waals surface area contributed by atoms with E-state index in [2.05, 4.69) is 0 Å². The van der Waals surface area contributed by atoms with E-state index in [1.54, 1.807) is 7.11 Å². The van der Waals surface area contributed by atoms with E-state index in [9.17, 15) is 0 Å². The second-order valence-corrected chi connectivity index (χ2v) is 2.78. The molecule has 0 rings (SSSR count). The number of hydrogen-bond acceptors (Lipinski definition) is 3. The zero-order valence-electron chi connectivity index (χ0n) is 7.67. The van der Waals surface area contributed by atoms with Gasteiger partial charge in [-0.2, -0.15) is 0 Å². The lowest BCUT2D eigenvalue weighted by Gasteiger charge is -2.15. The van der Waals surface area contributed by atoms with Crippen molar-refractivity contribution in [2.75, 3.05) is 20.3 Å². The van der Waals surface area contributed by atoms with Gasteiger partial charge in [0, 0.05) is 26.4 Å². The lowest BCUT2D eigenvalue weighted by molar-refractivity contribution is 0.0389. The summed E-state index contributed by atoms with van der Waals surface area (Å²) in [6, 6.07) is 0.109. The summed E-state index contributed by atoms with van der Waals surface area (Å²) in [5.41, 5.74) is 5.59. The van der Waals surface area contributed by atoms with Crippen molar-refractivity contribution in [1.29, 1.82) is 0 Å². The molecule has 0 aromatic carbocycles. The average Bonchev–Trinajstić information content (AvgIpc) is 1.97. The predicted octanol–water partition coefficient (Wildman–Crippen LogP) is 0.775. The molecule has 3 heteroatoms. The molecule has 0 heterocycles. The third kappa shape index (κ3) is 6.28. The van der Waals surface area contributed by atoms with Gasteiger partial charge >= 0.3 is 0 Å². The Morgan fingerprint density at radius 2 is 1.91 bits per heavy atom. The summed E-state index contributed by atoms with van der Waals surface area (Å²) in [7, 11) is 1.69. The highest BCUT2D eigenvalue weighted by molar-refractivity contribution is 4.61. The number of nitrogens with two attached hydrogens (primary N) is 1. The molecule has 0 aliphatic carbocycles. The van der Waals surface area contributed by atoms with Crippen LogP contribution in [-0.4, -0.2) is 32.5 Å². The molecule has 0 saturated heterocycles. The zero-order valence-corrected chi connectivity index (χ0v) is 7.67. The maximum atomic E-state index is 5.59. The van der Waals surface area contributed by atoms with Gasteiger partial charge in [0.15, 0.2) is 0 Å². The third-order valence-electron chi connectivity index (χ3n) is 1.61. The van der Waals surface area contributed by atoms with Gasteiger partial charge in [0.05, 0.1) is 6.10 Å². The van der Waals surface area contributed by atoms with E-state index in [4.69, 9.17) is 15.2 Å². The minimum absolute atomic E-state index is 0.109. The Balaban J connectivity index is 3.10. The van der Waals surface area contributed by atoms with E-state index < -0.39 is 0 Å². The van der Waals surface area contributed by atoms with Gasteiger partial charge in [0.25, 0.3) is 0 Å². The van der Waals surface area contributed by atoms with Crippen LogP contribution in [0.3, 0.4) is 0 Å². The van der Waals surface area contributed by atoms with Crippen LogP contribution in [0.2, 0.25) is 0 Å². The third-order valence-corrected chi connectivity index (χ3v) is 1.61. The van der Waals surface area contributed by atoms with E-state index in [1.807, 2.05) is 13.8 Å². The Morgan fingerprint density at radius 3 is 2.36 bits per heavy atom. The molecule has 0 radical (unpaired) electrons. The standard InChI is InChI=1S/C8H19NO2/c1-7(9)8(2)11-6-4-5-10-3/h7-8H,4-6,9H2,1-3H3/t7-,8?/m1/s1. The van der Waals surface area contributed by atoms with Crippen LogP contribution in [0.1, 0.15) is 20.3 Å². The summed E-state index contributed by atoms with van der Waals surface area (Å²) in [5, 5.41) is 0. The van der Waals surface area contributed by atoms with Gasteiger partial charge in [-0.15, -0.1) is 0 Å². The highest BCUT2D eigenvalue weighted by Gasteiger charge is 2.05. The van der Waals surface area contributed by atoms with Gasteiger partial charge in [0.1, 0.15) is 0 Å². The molecule has 1 unspecified atom stereocenters. The predicted molar refractivity (Wildman–Crippen MR) is 45.6 cm³/mol. The molecule has 0 aromatic heterocycles. The first-order valence-corrected chi connectivity index (χ1v) is 4.04. The van der Waals surface area contributed by atoms with Crippen molar-refractivity contribution in [1.82, 2.24) is 0 Å². The molecule has 3 nitrogen and oxygen atoms in total. The summed E-state index contributed by atoms with van der Waals surface area (Å²) in [6.45, 7) is 5.42. The maximum Gasteiger partial charge on any atom is 0.0695 e. The van der Waals surface area contributed by atoms with Crippen molar-refractivity contribution >= 4 is 0 Å². The molecule has 0 saturated carbocycles. The minimum atomic E-state index is 0.109. The number of methoxy groups -OCH3 is 1. The fourth-order valence-corrected chi connectivity index (χ4v) is 0.624. The normalized spacial score (nSPS) is 16.4. The van der Waals surface area contributed by atoms with Crippen molar-refractivity contribution in [3.63, 3.8) is 0 Å². The van der Waals surface area contributed by atoms with Crippen LogP contribution in [0, 0.1) is 0 Å². The van der Waals surface area contributed by atoms with E-state index in [0.717, 1.165) is 19.6 Å². The summed E-state index contributed by atoms with van der Waals surface area (Å²) in [5.74, 6) is 0.